The highest BCUT2D eigenvalue weighted by Gasteiger charge is 2.41. The lowest BCUT2D eigenvalue weighted by atomic mass is 9.90. The van der Waals surface area contributed by atoms with Crippen LogP contribution in [0, 0.1) is 16.2 Å². The fraction of sp³-hybridized carbons (Fsp3) is 0.573. The molecule has 5 aromatic rings. The summed E-state index contributed by atoms with van der Waals surface area (Å²) >= 11 is 9.35. The van der Waals surface area contributed by atoms with Crippen molar-refractivity contribution in [2.24, 2.45) is 51.5 Å². The van der Waals surface area contributed by atoms with Crippen molar-refractivity contribution < 1.29 is 99.4 Å². The van der Waals surface area contributed by atoms with E-state index >= 15 is 0 Å². The molecule has 0 aromatic carbocycles. The Morgan fingerprint density at radius 3 is 0.755 bits per heavy atom. The number of aryl methyl sites for hydroxylation is 10. The van der Waals surface area contributed by atoms with E-state index in [0.717, 1.165) is 72.0 Å². The molecule has 21 nitrogen and oxygen atoms in total. The maximum absolute atomic E-state index is 13.9. The van der Waals surface area contributed by atoms with Gasteiger partial charge in [0, 0.05) is 101 Å². The zero-order valence-corrected chi connectivity index (χ0v) is 65.5. The van der Waals surface area contributed by atoms with E-state index in [4.69, 9.17) is 37.9 Å². The van der Waals surface area contributed by atoms with Gasteiger partial charge in [-0.25, -0.2) is 22.8 Å². The predicted molar refractivity (Wildman–Crippen MR) is 402 cm³/mol. The Balaban J connectivity index is 1.41. The topological polar surface area (TPSA) is 233 Å². The zero-order valence-electron chi connectivity index (χ0n) is 60.6. The molecule has 0 unspecified atom stereocenters. The third-order valence-corrected chi connectivity index (χ3v) is 22.4. The van der Waals surface area contributed by atoms with Crippen molar-refractivity contribution in [3.05, 3.63) is 150 Å². The van der Waals surface area contributed by atoms with Crippen LogP contribution < -0.4 is 22.8 Å². The van der Waals surface area contributed by atoms with Crippen molar-refractivity contribution in [2.45, 2.75) is 84.5 Å². The molecule has 0 amide bonds. The molecule has 560 valence electrons. The number of aliphatic hydroxyl groups excluding tert-OH is 1. The summed E-state index contributed by atoms with van der Waals surface area (Å²) in [5, 5.41) is 9.22. The summed E-state index contributed by atoms with van der Waals surface area (Å²) in [5.74, 6) is 2.80. The van der Waals surface area contributed by atoms with Crippen molar-refractivity contribution >= 4 is 112 Å². The summed E-state index contributed by atoms with van der Waals surface area (Å²) < 4.78 is 58.1. The van der Waals surface area contributed by atoms with Crippen LogP contribution in [0.25, 0.3) is 0 Å². The van der Waals surface area contributed by atoms with Crippen LogP contribution in [0.5, 0.6) is 0 Å². The van der Waals surface area contributed by atoms with Crippen molar-refractivity contribution in [3.8, 4) is 0 Å². The Morgan fingerprint density at radius 1 is 0.324 bits per heavy atom. The number of nitrogens with zero attached hydrogens (tertiary/aromatic N) is 5. The molecule has 27 heteroatoms. The summed E-state index contributed by atoms with van der Waals surface area (Å²) in [4.78, 5) is 95.9. The van der Waals surface area contributed by atoms with Gasteiger partial charge in [0.2, 0.25) is 0 Å². The third-order valence-electron chi connectivity index (χ3n) is 16.0. The molecule has 5 heterocycles. The molecule has 0 bridgehead atoms. The fourth-order valence-corrected chi connectivity index (χ4v) is 15.0. The minimum Gasteiger partial charge on any atom is -0.465 e. The minimum absolute atomic E-state index is 0.0371. The lowest BCUT2D eigenvalue weighted by Gasteiger charge is -2.35. The van der Waals surface area contributed by atoms with Gasteiger partial charge in [0.25, 0.3) is 0 Å². The molecule has 0 radical (unpaired) electrons. The number of ether oxygens (including phenoxy) is 8. The quantitative estimate of drug-likeness (QED) is 0.0181. The molecular weight excluding hydrogens is 1420 g/mol. The van der Waals surface area contributed by atoms with E-state index in [1.165, 1.54) is 28.5 Å². The van der Waals surface area contributed by atoms with Gasteiger partial charge in [0.15, 0.2) is 62.0 Å². The van der Waals surface area contributed by atoms with Gasteiger partial charge in [-0.1, -0.05) is 0 Å². The fourth-order valence-electron chi connectivity index (χ4n) is 9.42. The van der Waals surface area contributed by atoms with E-state index in [0.29, 0.717) is 34.5 Å². The number of thioether (sulfide) groups is 6. The van der Waals surface area contributed by atoms with Crippen LogP contribution in [0.4, 0.5) is 0 Å². The lowest BCUT2D eigenvalue weighted by Crippen LogP contribution is -2.47. The Hall–Kier alpha value is -5.94. The number of carbonyl (C=O) groups excluding carboxylic acids is 7. The van der Waals surface area contributed by atoms with Crippen LogP contribution in [0.3, 0.4) is 0 Å². The average Bonchev–Trinajstić information content (AvgIpc) is 0.838. The second kappa shape index (κ2) is 49.7. The molecular formula is C75H108N5O16S6+5. The first-order valence-electron chi connectivity index (χ1n) is 34.6. The predicted octanol–water partition coefficient (Wildman–Crippen LogP) is 6.87. The molecule has 0 saturated heterocycles. The zero-order chi connectivity index (χ0) is 73.7. The number of hydrogen-bond donors (Lipinski definition) is 1. The van der Waals surface area contributed by atoms with Crippen LogP contribution in [0.1, 0.15) is 80.2 Å². The highest BCUT2D eigenvalue weighted by Crippen LogP contribution is 2.29. The van der Waals surface area contributed by atoms with Crippen molar-refractivity contribution in [3.63, 3.8) is 0 Å². The van der Waals surface area contributed by atoms with Crippen LogP contribution in [0.15, 0.2) is 123 Å². The number of aliphatic hydroxyl groups is 1. The highest BCUT2D eigenvalue weighted by molar-refractivity contribution is 8.00. The van der Waals surface area contributed by atoms with Crippen molar-refractivity contribution in [2.75, 3.05) is 135 Å². The molecule has 0 aliphatic heterocycles. The largest absolute Gasteiger partial charge is 0.465 e. The first-order valence-corrected chi connectivity index (χ1v) is 41.5. The van der Waals surface area contributed by atoms with Crippen LogP contribution >= 0.6 is 70.6 Å². The molecule has 5 aromatic heterocycles. The summed E-state index contributed by atoms with van der Waals surface area (Å²) in [6.45, 7) is -0.361. The number of esters is 7. The van der Waals surface area contributed by atoms with Crippen LogP contribution in [0.2, 0.25) is 0 Å². The van der Waals surface area contributed by atoms with Gasteiger partial charge >= 0.3 is 41.8 Å². The van der Waals surface area contributed by atoms with E-state index in [9.17, 15) is 38.7 Å². The molecule has 1 N–H and O–H groups in total. The number of aromatic nitrogens is 5. The highest BCUT2D eigenvalue weighted by atomic mass is 32.2. The number of pyridine rings is 5. The number of hydrogen-bond acceptors (Lipinski definition) is 22. The van der Waals surface area contributed by atoms with Gasteiger partial charge in [0.1, 0.15) is 81.5 Å². The van der Waals surface area contributed by atoms with E-state index in [1.807, 2.05) is 120 Å². The first kappa shape index (κ1) is 86.7. The summed E-state index contributed by atoms with van der Waals surface area (Å²) in [5.41, 5.74) is 1.81. The van der Waals surface area contributed by atoms with E-state index in [-0.39, 0.29) is 64.1 Å². The molecule has 0 saturated carbocycles. The second-order valence-electron chi connectivity index (χ2n) is 25.9. The van der Waals surface area contributed by atoms with Gasteiger partial charge in [0.05, 0.1) is 74.6 Å². The maximum atomic E-state index is 13.9. The molecule has 0 aliphatic rings. The Labute approximate surface area is 629 Å². The lowest BCUT2D eigenvalue weighted by molar-refractivity contribution is -0.671. The van der Waals surface area contributed by atoms with Gasteiger partial charge in [-0.2, -0.15) is 70.6 Å². The summed E-state index contributed by atoms with van der Waals surface area (Å²) in [6.07, 6.45) is 24.0. The van der Waals surface area contributed by atoms with Gasteiger partial charge < -0.3 is 43.0 Å². The molecule has 102 heavy (non-hydrogen) atoms. The average molecular weight is 1530 g/mol. The van der Waals surface area contributed by atoms with Gasteiger partial charge in [-0.05, 0) is 103 Å². The molecule has 0 fully saturated rings. The normalized spacial score (nSPS) is 11.6. The summed E-state index contributed by atoms with van der Waals surface area (Å²) in [6, 6.07) is 20.6. The smallest absolute Gasteiger partial charge is 0.312 e. The minimum atomic E-state index is -1.56. The van der Waals surface area contributed by atoms with Gasteiger partial charge in [-0.15, -0.1) is 0 Å². The Kier molecular flexibility index (Phi) is 42.3. The molecule has 0 atom stereocenters. The third kappa shape index (κ3) is 38.2. The van der Waals surface area contributed by atoms with Crippen molar-refractivity contribution in [1.82, 2.24) is 0 Å². The first-order chi connectivity index (χ1) is 49.1. The van der Waals surface area contributed by atoms with Crippen LogP contribution in [-0.4, -0.2) is 182 Å². The Bertz CT molecular complexity index is 3020. The SMILES string of the molecule is C[n+]1ccc(CCSCCC(=O)OCC(COCC(COC(=O)CCSCCc2cc[n+](C)cc2)(COC(=O)CCSCCc2cc[n+](C)cc2)COC(=O)CCSCC(C)(C)C(=O)OCCO)(COC(=O)CCSCCc2cc[n+](C)cc2)COC(=O)CCSCCc2cc[n+](C)cc2)cc1. The standard InChI is InChI=1S/C75H108N5O16S6/c1-73(2,72(88)90-40-39-81)60-102-51-28-71(87)96-59-75(57-94-69(85)26-49-100-44-21-64-14-35-79(6)36-15-64,58-95-70(86)27-50-101-45-22-65-16-37-80(7)38-17-65)53-89-52-74(54-91-66(82)23-46-97-41-18-61-8-29-76(3)30-9-61,55-92-67(83)24-47-98-42-19-62-10-31-77(4)32-11-62)56-93-68(84)25-48-99-43-20-63-12-33-78(5)34-13-63/h8-17,29-38,81H,18-28,39-60H2,1-7H3/q+5. The monoisotopic (exact) mass is 1530 g/mol. The second-order valence-corrected chi connectivity index (χ2v) is 33.2. The molecule has 0 spiro atoms. The van der Waals surface area contributed by atoms with E-state index in [2.05, 4.69) is 60.7 Å². The summed E-state index contributed by atoms with van der Waals surface area (Å²) in [7, 11) is 9.78. The molecule has 0 aliphatic carbocycles. The van der Waals surface area contributed by atoms with Crippen LogP contribution in [-0.2, 0) is 139 Å². The van der Waals surface area contributed by atoms with Gasteiger partial charge in [-0.3, -0.25) is 33.6 Å². The number of rotatable bonds is 54. The van der Waals surface area contributed by atoms with E-state index in [1.54, 1.807) is 72.7 Å². The molecule has 5 rings (SSSR count). The number of carbonyl (C=O) groups is 7. The Morgan fingerprint density at radius 2 is 0.539 bits per heavy atom. The van der Waals surface area contributed by atoms with Crippen molar-refractivity contribution in [1.29, 1.82) is 0 Å². The van der Waals surface area contributed by atoms with E-state index < -0.39 is 104 Å². The maximum Gasteiger partial charge on any atom is 0.312 e.